The molecule has 0 saturated carbocycles. The number of fused-ring (bicyclic) bond motifs is 1. The Morgan fingerprint density at radius 3 is 2.89 bits per heavy atom. The van der Waals surface area contributed by atoms with Crippen molar-refractivity contribution in [2.24, 2.45) is 0 Å². The van der Waals surface area contributed by atoms with E-state index in [1.165, 1.54) is 17.5 Å². The summed E-state index contributed by atoms with van der Waals surface area (Å²) in [7, 11) is 0. The molecule has 0 bridgehead atoms. The van der Waals surface area contributed by atoms with Crippen LogP contribution in [0.1, 0.15) is 47.7 Å². The summed E-state index contributed by atoms with van der Waals surface area (Å²) in [6, 6.07) is 6.06. The van der Waals surface area contributed by atoms with E-state index in [0.717, 1.165) is 24.8 Å². The molecule has 0 radical (unpaired) electrons. The zero-order valence-corrected chi connectivity index (χ0v) is 10.9. The van der Waals surface area contributed by atoms with Gasteiger partial charge in [0.05, 0.1) is 0 Å². The fraction of sp³-hybridized carbons (Fsp3) is 0.533. The zero-order valence-electron chi connectivity index (χ0n) is 10.9. The standard InChI is InChI=1S/C15H21NO2/c1-2-14(8-9-17)16-15(18)13-7-6-11-4-3-5-12(11)10-13/h6-7,10,14,17H,2-5,8-9H2,1H3,(H,16,18). The second kappa shape index (κ2) is 6.01. The van der Waals surface area contributed by atoms with Gasteiger partial charge in [0.1, 0.15) is 0 Å². The van der Waals surface area contributed by atoms with Gasteiger partial charge in [0.15, 0.2) is 0 Å². The summed E-state index contributed by atoms with van der Waals surface area (Å²) in [5.41, 5.74) is 3.44. The van der Waals surface area contributed by atoms with Crippen molar-refractivity contribution in [2.75, 3.05) is 6.61 Å². The molecule has 2 N–H and O–H groups in total. The van der Waals surface area contributed by atoms with Crippen LogP contribution in [0.15, 0.2) is 18.2 Å². The van der Waals surface area contributed by atoms with E-state index in [-0.39, 0.29) is 18.6 Å². The lowest BCUT2D eigenvalue weighted by atomic mass is 10.1. The Bertz CT molecular complexity index is 429. The smallest absolute Gasteiger partial charge is 0.251 e. The first-order valence-electron chi connectivity index (χ1n) is 6.78. The van der Waals surface area contributed by atoms with E-state index in [0.29, 0.717) is 6.42 Å². The van der Waals surface area contributed by atoms with Gasteiger partial charge < -0.3 is 10.4 Å². The van der Waals surface area contributed by atoms with Crippen LogP contribution in [0.4, 0.5) is 0 Å². The average Bonchev–Trinajstić information content (AvgIpc) is 2.85. The Hall–Kier alpha value is -1.35. The number of hydrogen-bond acceptors (Lipinski definition) is 2. The van der Waals surface area contributed by atoms with Crippen molar-refractivity contribution in [2.45, 2.75) is 45.1 Å². The number of benzene rings is 1. The molecular weight excluding hydrogens is 226 g/mol. The molecule has 1 aliphatic carbocycles. The molecular formula is C15H21NO2. The first kappa shape index (κ1) is 13.1. The average molecular weight is 247 g/mol. The maximum absolute atomic E-state index is 12.1. The third-order valence-corrected chi connectivity index (χ3v) is 3.67. The molecule has 3 nitrogen and oxygen atoms in total. The van der Waals surface area contributed by atoms with Gasteiger partial charge in [-0.2, -0.15) is 0 Å². The molecule has 0 heterocycles. The quantitative estimate of drug-likeness (QED) is 0.836. The van der Waals surface area contributed by atoms with E-state index in [1.54, 1.807) is 0 Å². The van der Waals surface area contributed by atoms with E-state index in [4.69, 9.17) is 5.11 Å². The maximum atomic E-state index is 12.1. The monoisotopic (exact) mass is 247 g/mol. The fourth-order valence-corrected chi connectivity index (χ4v) is 2.52. The minimum atomic E-state index is -0.0231. The van der Waals surface area contributed by atoms with Crippen LogP contribution in [0.25, 0.3) is 0 Å². The predicted molar refractivity (Wildman–Crippen MR) is 71.7 cm³/mol. The number of rotatable bonds is 5. The van der Waals surface area contributed by atoms with E-state index < -0.39 is 0 Å². The van der Waals surface area contributed by atoms with Crippen molar-refractivity contribution < 1.29 is 9.90 Å². The highest BCUT2D eigenvalue weighted by Crippen LogP contribution is 2.22. The number of amides is 1. The Balaban J connectivity index is 2.04. The number of aliphatic hydroxyl groups excluding tert-OH is 1. The topological polar surface area (TPSA) is 49.3 Å². The lowest BCUT2D eigenvalue weighted by Crippen LogP contribution is -2.35. The van der Waals surface area contributed by atoms with Crippen molar-refractivity contribution in [1.29, 1.82) is 0 Å². The molecule has 3 heteroatoms. The molecule has 1 aromatic rings. The first-order valence-corrected chi connectivity index (χ1v) is 6.78. The molecule has 1 aromatic carbocycles. The molecule has 0 aromatic heterocycles. The number of nitrogens with one attached hydrogen (secondary N) is 1. The Labute approximate surface area is 108 Å². The summed E-state index contributed by atoms with van der Waals surface area (Å²) < 4.78 is 0. The number of hydrogen-bond donors (Lipinski definition) is 2. The van der Waals surface area contributed by atoms with Crippen LogP contribution in [0.5, 0.6) is 0 Å². The van der Waals surface area contributed by atoms with Crippen LogP contribution in [-0.2, 0) is 12.8 Å². The third-order valence-electron chi connectivity index (χ3n) is 3.67. The van der Waals surface area contributed by atoms with Gasteiger partial charge in [-0.25, -0.2) is 0 Å². The molecule has 98 valence electrons. The van der Waals surface area contributed by atoms with Crippen molar-refractivity contribution >= 4 is 5.91 Å². The Morgan fingerprint density at radius 1 is 1.39 bits per heavy atom. The third kappa shape index (κ3) is 2.91. The van der Waals surface area contributed by atoms with Gasteiger partial charge in [-0.1, -0.05) is 13.0 Å². The second-order valence-corrected chi connectivity index (χ2v) is 4.93. The summed E-state index contributed by atoms with van der Waals surface area (Å²) >= 11 is 0. The Morgan fingerprint density at radius 2 is 2.17 bits per heavy atom. The van der Waals surface area contributed by atoms with Gasteiger partial charge in [-0.05, 0) is 55.4 Å². The molecule has 0 saturated heterocycles. The van der Waals surface area contributed by atoms with Gasteiger partial charge in [-0.3, -0.25) is 4.79 Å². The number of carbonyl (C=O) groups is 1. The van der Waals surface area contributed by atoms with E-state index in [1.807, 2.05) is 19.1 Å². The summed E-state index contributed by atoms with van der Waals surface area (Å²) in [6.45, 7) is 2.13. The van der Waals surface area contributed by atoms with Gasteiger partial charge in [-0.15, -0.1) is 0 Å². The van der Waals surface area contributed by atoms with E-state index in [9.17, 15) is 4.79 Å². The molecule has 1 unspecified atom stereocenters. The van der Waals surface area contributed by atoms with Crippen molar-refractivity contribution in [3.63, 3.8) is 0 Å². The number of carbonyl (C=O) groups excluding carboxylic acids is 1. The van der Waals surface area contributed by atoms with Gasteiger partial charge >= 0.3 is 0 Å². The minimum Gasteiger partial charge on any atom is -0.396 e. The number of aliphatic hydroxyl groups is 1. The van der Waals surface area contributed by atoms with Crippen LogP contribution in [0, 0.1) is 0 Å². The van der Waals surface area contributed by atoms with Gasteiger partial charge in [0.25, 0.3) is 5.91 Å². The highest BCUT2D eigenvalue weighted by molar-refractivity contribution is 5.94. The maximum Gasteiger partial charge on any atom is 0.251 e. The van der Waals surface area contributed by atoms with E-state index in [2.05, 4.69) is 11.4 Å². The molecule has 1 amide bonds. The van der Waals surface area contributed by atoms with E-state index >= 15 is 0 Å². The van der Waals surface area contributed by atoms with Crippen LogP contribution >= 0.6 is 0 Å². The molecule has 18 heavy (non-hydrogen) atoms. The van der Waals surface area contributed by atoms with Gasteiger partial charge in [0, 0.05) is 18.2 Å². The molecule has 2 rings (SSSR count). The molecule has 0 spiro atoms. The highest BCUT2D eigenvalue weighted by Gasteiger charge is 2.15. The minimum absolute atomic E-state index is 0.0231. The summed E-state index contributed by atoms with van der Waals surface area (Å²) in [4.78, 5) is 12.1. The van der Waals surface area contributed by atoms with Crippen molar-refractivity contribution in [3.8, 4) is 0 Å². The number of aryl methyl sites for hydroxylation is 2. The second-order valence-electron chi connectivity index (χ2n) is 4.93. The lowest BCUT2D eigenvalue weighted by molar-refractivity contribution is 0.0929. The summed E-state index contributed by atoms with van der Waals surface area (Å²) in [5.74, 6) is -0.0231. The molecule has 1 aliphatic rings. The molecule has 0 aliphatic heterocycles. The van der Waals surface area contributed by atoms with Gasteiger partial charge in [0.2, 0.25) is 0 Å². The van der Waals surface area contributed by atoms with Crippen LogP contribution in [0.2, 0.25) is 0 Å². The van der Waals surface area contributed by atoms with Crippen LogP contribution in [0.3, 0.4) is 0 Å². The fourth-order valence-electron chi connectivity index (χ4n) is 2.52. The Kier molecular flexibility index (Phi) is 4.37. The summed E-state index contributed by atoms with van der Waals surface area (Å²) in [5, 5.41) is 11.9. The highest BCUT2D eigenvalue weighted by atomic mass is 16.3. The van der Waals surface area contributed by atoms with Crippen LogP contribution in [-0.4, -0.2) is 23.7 Å². The van der Waals surface area contributed by atoms with Crippen molar-refractivity contribution in [3.05, 3.63) is 34.9 Å². The molecule has 1 atom stereocenters. The predicted octanol–water partition coefficient (Wildman–Crippen LogP) is 2.07. The van der Waals surface area contributed by atoms with Crippen LogP contribution < -0.4 is 5.32 Å². The largest absolute Gasteiger partial charge is 0.396 e. The zero-order chi connectivity index (χ0) is 13.0. The van der Waals surface area contributed by atoms with Crippen molar-refractivity contribution in [1.82, 2.24) is 5.32 Å². The summed E-state index contributed by atoms with van der Waals surface area (Å²) in [6.07, 6.45) is 4.89. The normalized spacial score (nSPS) is 15.2. The first-order chi connectivity index (χ1) is 8.74. The molecule has 0 fully saturated rings. The lowest BCUT2D eigenvalue weighted by Gasteiger charge is -2.16. The SMILES string of the molecule is CCC(CCO)NC(=O)c1ccc2c(c1)CCC2.